The maximum absolute atomic E-state index is 10.7. The lowest BCUT2D eigenvalue weighted by atomic mass is 10.3. The lowest BCUT2D eigenvalue weighted by molar-refractivity contribution is -0.383. The second-order valence-electron chi connectivity index (χ2n) is 3.55. The molecule has 0 unspecified atom stereocenters. The van der Waals surface area contributed by atoms with Crippen LogP contribution in [0.3, 0.4) is 0 Å². The number of anilines is 1. The van der Waals surface area contributed by atoms with Crippen LogP contribution in [-0.2, 0) is 0 Å². The van der Waals surface area contributed by atoms with Gasteiger partial charge in [0.15, 0.2) is 0 Å². The molecule has 18 heavy (non-hydrogen) atoms. The number of hydrogen-bond donors (Lipinski definition) is 1. The van der Waals surface area contributed by atoms with Crippen LogP contribution in [0.1, 0.15) is 0 Å². The Hall–Kier alpha value is -2.48. The molecular weight excluding hydrogens is 254 g/mol. The van der Waals surface area contributed by atoms with Crippen LogP contribution in [0.5, 0.6) is 0 Å². The van der Waals surface area contributed by atoms with Crippen molar-refractivity contribution in [2.75, 3.05) is 5.73 Å². The van der Waals surface area contributed by atoms with E-state index in [0.717, 1.165) is 16.4 Å². The summed E-state index contributed by atoms with van der Waals surface area (Å²) in [5.41, 5.74) is 6.28. The zero-order chi connectivity index (χ0) is 12.7. The van der Waals surface area contributed by atoms with Crippen molar-refractivity contribution in [2.24, 2.45) is 0 Å². The molecule has 0 fully saturated rings. The zero-order valence-corrected chi connectivity index (χ0v) is 9.79. The molecule has 0 radical (unpaired) electrons. The maximum atomic E-state index is 10.7. The number of aromatic nitrogens is 3. The van der Waals surface area contributed by atoms with Crippen molar-refractivity contribution in [1.29, 1.82) is 0 Å². The molecule has 3 aromatic rings. The first kappa shape index (κ1) is 10.7. The molecule has 0 aliphatic rings. The highest BCUT2D eigenvalue weighted by atomic mass is 32.1. The third-order valence-corrected chi connectivity index (χ3v) is 3.46. The molecule has 0 atom stereocenters. The Bertz CT molecular complexity index is 715. The summed E-state index contributed by atoms with van der Waals surface area (Å²) in [6.45, 7) is 0. The number of thiazole rings is 1. The molecule has 2 heterocycles. The lowest BCUT2D eigenvalue weighted by Crippen LogP contribution is -2.02. The molecule has 3 rings (SSSR count). The van der Waals surface area contributed by atoms with Gasteiger partial charge in [0, 0.05) is 0 Å². The molecule has 90 valence electrons. The van der Waals surface area contributed by atoms with Gasteiger partial charge in [-0.2, -0.15) is 9.78 Å². The fraction of sp³-hybridized carbons (Fsp3) is 0. The van der Waals surface area contributed by atoms with Crippen LogP contribution in [0, 0.1) is 10.1 Å². The topological polar surface area (TPSA) is 99.9 Å². The van der Waals surface area contributed by atoms with E-state index in [1.165, 1.54) is 16.0 Å². The molecule has 8 heteroatoms. The largest absolute Gasteiger partial charge is 0.378 e. The quantitative estimate of drug-likeness (QED) is 0.561. The van der Waals surface area contributed by atoms with Crippen molar-refractivity contribution in [3.63, 3.8) is 0 Å². The van der Waals surface area contributed by atoms with E-state index < -0.39 is 4.92 Å². The van der Waals surface area contributed by atoms with Crippen molar-refractivity contribution in [3.8, 4) is 5.13 Å². The molecule has 7 nitrogen and oxygen atoms in total. The number of rotatable bonds is 2. The van der Waals surface area contributed by atoms with E-state index in [2.05, 4.69) is 10.1 Å². The first-order valence-corrected chi connectivity index (χ1v) is 5.82. The van der Waals surface area contributed by atoms with E-state index in [0.29, 0.717) is 5.13 Å². The Kier molecular flexibility index (Phi) is 2.23. The smallest absolute Gasteiger partial charge is 0.331 e. The lowest BCUT2D eigenvalue weighted by Gasteiger charge is -1.96. The molecule has 0 saturated carbocycles. The number of benzene rings is 1. The minimum atomic E-state index is -0.563. The summed E-state index contributed by atoms with van der Waals surface area (Å²) in [5.74, 6) is -0.0148. The Labute approximate surface area is 105 Å². The summed E-state index contributed by atoms with van der Waals surface area (Å²) < 4.78 is 2.26. The second kappa shape index (κ2) is 3.77. The first-order chi connectivity index (χ1) is 8.66. The van der Waals surface area contributed by atoms with E-state index in [4.69, 9.17) is 5.73 Å². The maximum Gasteiger partial charge on any atom is 0.331 e. The normalized spacial score (nSPS) is 10.9. The van der Waals surface area contributed by atoms with Crippen LogP contribution in [0.25, 0.3) is 15.3 Å². The molecule has 0 spiro atoms. The second-order valence-corrected chi connectivity index (χ2v) is 4.56. The van der Waals surface area contributed by atoms with Gasteiger partial charge in [-0.05, 0) is 12.1 Å². The highest BCUT2D eigenvalue weighted by Crippen LogP contribution is 2.29. The Morgan fingerprint density at radius 1 is 1.39 bits per heavy atom. The van der Waals surface area contributed by atoms with Gasteiger partial charge in [-0.3, -0.25) is 10.1 Å². The van der Waals surface area contributed by atoms with Gasteiger partial charge in [0.1, 0.15) is 6.20 Å². The molecule has 1 aromatic carbocycles. The van der Waals surface area contributed by atoms with Gasteiger partial charge < -0.3 is 5.73 Å². The molecule has 0 aliphatic heterocycles. The third-order valence-electron chi connectivity index (χ3n) is 2.45. The summed E-state index contributed by atoms with van der Waals surface area (Å²) in [7, 11) is 0. The van der Waals surface area contributed by atoms with Gasteiger partial charge in [-0.1, -0.05) is 23.5 Å². The predicted molar refractivity (Wildman–Crippen MR) is 67.8 cm³/mol. The van der Waals surface area contributed by atoms with Gasteiger partial charge >= 0.3 is 5.69 Å². The van der Waals surface area contributed by atoms with E-state index in [-0.39, 0.29) is 11.5 Å². The minimum Gasteiger partial charge on any atom is -0.378 e. The highest BCUT2D eigenvalue weighted by Gasteiger charge is 2.20. The van der Waals surface area contributed by atoms with Crippen molar-refractivity contribution < 1.29 is 4.92 Å². The van der Waals surface area contributed by atoms with Crippen LogP contribution >= 0.6 is 11.3 Å². The Balaban J connectivity index is 2.17. The van der Waals surface area contributed by atoms with Crippen LogP contribution in [0.2, 0.25) is 0 Å². The Morgan fingerprint density at radius 3 is 2.83 bits per heavy atom. The summed E-state index contributed by atoms with van der Waals surface area (Å²) >= 11 is 1.38. The van der Waals surface area contributed by atoms with E-state index in [9.17, 15) is 10.1 Å². The molecule has 0 saturated heterocycles. The summed E-state index contributed by atoms with van der Waals surface area (Å²) in [6, 6.07) is 7.56. The van der Waals surface area contributed by atoms with Gasteiger partial charge in [0.25, 0.3) is 0 Å². The molecule has 0 amide bonds. The molecular formula is C10H7N5O2S. The third kappa shape index (κ3) is 1.51. The molecule has 2 N–H and O–H groups in total. The monoisotopic (exact) mass is 261 g/mol. The average Bonchev–Trinajstić information content (AvgIpc) is 2.91. The molecule has 0 aliphatic carbocycles. The first-order valence-electron chi connectivity index (χ1n) is 5.00. The average molecular weight is 261 g/mol. The number of nitro groups is 1. The van der Waals surface area contributed by atoms with Gasteiger partial charge in [-0.15, -0.1) is 0 Å². The van der Waals surface area contributed by atoms with E-state index in [1.807, 2.05) is 24.3 Å². The fourth-order valence-electron chi connectivity index (χ4n) is 1.59. The number of nitrogens with two attached hydrogens (primary N) is 1. The van der Waals surface area contributed by atoms with Crippen LogP contribution in [0.15, 0.2) is 30.5 Å². The van der Waals surface area contributed by atoms with E-state index in [1.54, 1.807) is 0 Å². The zero-order valence-electron chi connectivity index (χ0n) is 8.98. The number of fused-ring (bicyclic) bond motifs is 1. The predicted octanol–water partition coefficient (Wildman–Crippen LogP) is 1.97. The van der Waals surface area contributed by atoms with Crippen LogP contribution in [0.4, 0.5) is 11.5 Å². The number of hydrogen-bond acceptors (Lipinski definition) is 6. The summed E-state index contributed by atoms with van der Waals surface area (Å²) in [6.07, 6.45) is 1.13. The fourth-order valence-corrected chi connectivity index (χ4v) is 2.53. The van der Waals surface area contributed by atoms with Crippen molar-refractivity contribution in [2.45, 2.75) is 0 Å². The van der Waals surface area contributed by atoms with Gasteiger partial charge in [0.2, 0.25) is 10.9 Å². The summed E-state index contributed by atoms with van der Waals surface area (Å²) in [5, 5.41) is 15.1. The number of nitrogens with zero attached hydrogens (tertiary/aromatic N) is 4. The van der Waals surface area contributed by atoms with Gasteiger partial charge in [-0.25, -0.2) is 4.98 Å². The standard InChI is InChI=1S/C10H7N5O2S/c11-9-7(15(16)17)5-12-14(9)10-13-6-3-1-2-4-8(6)18-10/h1-5H,11H2. The van der Waals surface area contributed by atoms with Crippen LogP contribution < -0.4 is 5.73 Å². The number of nitrogen functional groups attached to an aromatic ring is 1. The van der Waals surface area contributed by atoms with Crippen molar-refractivity contribution in [1.82, 2.24) is 14.8 Å². The summed E-state index contributed by atoms with van der Waals surface area (Å²) in [4.78, 5) is 14.5. The van der Waals surface area contributed by atoms with Crippen molar-refractivity contribution >= 4 is 33.1 Å². The molecule has 2 aromatic heterocycles. The highest BCUT2D eigenvalue weighted by molar-refractivity contribution is 7.20. The van der Waals surface area contributed by atoms with E-state index >= 15 is 0 Å². The SMILES string of the molecule is Nc1c([N+](=O)[O-])cnn1-c1nc2ccccc2s1. The van der Waals surface area contributed by atoms with Crippen molar-refractivity contribution in [3.05, 3.63) is 40.6 Å². The number of para-hydroxylation sites is 1. The van der Waals surface area contributed by atoms with Crippen LogP contribution in [-0.4, -0.2) is 19.7 Å². The Morgan fingerprint density at radius 2 is 2.17 bits per heavy atom. The minimum absolute atomic E-state index is 0.0148. The molecule has 0 bridgehead atoms. The van der Waals surface area contributed by atoms with Gasteiger partial charge in [0.05, 0.1) is 15.1 Å².